The Hall–Kier alpha value is -0.320. The minimum absolute atomic E-state index is 0. The molecule has 0 aromatic carbocycles. The average Bonchev–Trinajstić information content (AvgIpc) is 2.81. The molecule has 2 aliphatic rings. The molecule has 0 aromatic heterocycles. The number of halogens is 1. The lowest BCUT2D eigenvalue weighted by molar-refractivity contribution is -0.121. The van der Waals surface area contributed by atoms with E-state index in [4.69, 9.17) is 0 Å². The van der Waals surface area contributed by atoms with Gasteiger partial charge < -0.3 is 15.7 Å². The van der Waals surface area contributed by atoms with Crippen molar-refractivity contribution in [1.29, 1.82) is 0 Å². The molecule has 3 N–H and O–H groups in total. The molecule has 5 heteroatoms. The summed E-state index contributed by atoms with van der Waals surface area (Å²) >= 11 is 0. The Balaban J connectivity index is 0.00000162. The zero-order valence-corrected chi connectivity index (χ0v) is 11.7. The van der Waals surface area contributed by atoms with Gasteiger partial charge in [0.2, 0.25) is 5.91 Å². The van der Waals surface area contributed by atoms with E-state index in [1.165, 1.54) is 12.8 Å². The first kappa shape index (κ1) is 15.7. The Labute approximate surface area is 115 Å². The Kier molecular flexibility index (Phi) is 6.97. The van der Waals surface area contributed by atoms with Gasteiger partial charge in [0.05, 0.1) is 6.10 Å². The van der Waals surface area contributed by atoms with E-state index in [-0.39, 0.29) is 30.3 Å². The van der Waals surface area contributed by atoms with E-state index in [2.05, 4.69) is 10.6 Å². The summed E-state index contributed by atoms with van der Waals surface area (Å²) < 4.78 is 0. The first-order valence-electron chi connectivity index (χ1n) is 6.94. The van der Waals surface area contributed by atoms with Crippen molar-refractivity contribution in [2.75, 3.05) is 13.1 Å². The molecule has 106 valence electrons. The first-order valence-corrected chi connectivity index (χ1v) is 6.94. The molecule has 2 rings (SSSR count). The number of nitrogens with one attached hydrogen (secondary N) is 2. The molecule has 3 atom stereocenters. The van der Waals surface area contributed by atoms with E-state index in [1.54, 1.807) is 0 Å². The fraction of sp³-hybridized carbons (Fsp3) is 0.923. The number of aliphatic hydroxyl groups is 1. The van der Waals surface area contributed by atoms with E-state index >= 15 is 0 Å². The molecule has 18 heavy (non-hydrogen) atoms. The van der Waals surface area contributed by atoms with Gasteiger partial charge in [0.15, 0.2) is 0 Å². The van der Waals surface area contributed by atoms with Gasteiger partial charge >= 0.3 is 0 Å². The molecular formula is C13H25ClN2O2. The van der Waals surface area contributed by atoms with Crippen molar-refractivity contribution < 1.29 is 9.90 Å². The van der Waals surface area contributed by atoms with Crippen LogP contribution in [0.25, 0.3) is 0 Å². The second-order valence-corrected chi connectivity index (χ2v) is 5.41. The summed E-state index contributed by atoms with van der Waals surface area (Å²) in [5, 5.41) is 16.1. The quantitative estimate of drug-likeness (QED) is 0.724. The summed E-state index contributed by atoms with van der Waals surface area (Å²) in [6.07, 6.45) is 6.91. The zero-order chi connectivity index (χ0) is 12.1. The maximum Gasteiger partial charge on any atom is 0.221 e. The molecule has 1 saturated carbocycles. The van der Waals surface area contributed by atoms with Gasteiger partial charge in [0.25, 0.3) is 0 Å². The summed E-state index contributed by atoms with van der Waals surface area (Å²) in [5.41, 5.74) is 0. The SMILES string of the molecule is Cl.O=C(CC1CCCN1)NCC1CCCCC1O. The van der Waals surface area contributed by atoms with E-state index in [0.717, 1.165) is 32.2 Å². The van der Waals surface area contributed by atoms with Crippen LogP contribution in [0.4, 0.5) is 0 Å². The smallest absolute Gasteiger partial charge is 0.221 e. The average molecular weight is 277 g/mol. The maximum absolute atomic E-state index is 11.7. The monoisotopic (exact) mass is 276 g/mol. The third-order valence-electron chi connectivity index (χ3n) is 4.02. The first-order chi connectivity index (χ1) is 8.25. The van der Waals surface area contributed by atoms with Gasteiger partial charge in [-0.2, -0.15) is 0 Å². The lowest BCUT2D eigenvalue weighted by Gasteiger charge is -2.27. The lowest BCUT2D eigenvalue weighted by Crippen LogP contribution is -2.38. The molecular weight excluding hydrogens is 252 g/mol. The molecule has 1 saturated heterocycles. The van der Waals surface area contributed by atoms with Crippen LogP contribution in [0.1, 0.15) is 44.9 Å². The Bertz CT molecular complexity index is 257. The maximum atomic E-state index is 11.7. The largest absolute Gasteiger partial charge is 0.393 e. The Morgan fingerprint density at radius 2 is 2.00 bits per heavy atom. The van der Waals surface area contributed by atoms with Crippen LogP contribution < -0.4 is 10.6 Å². The van der Waals surface area contributed by atoms with Crippen molar-refractivity contribution in [3.63, 3.8) is 0 Å². The van der Waals surface area contributed by atoms with Crippen molar-refractivity contribution >= 4 is 18.3 Å². The topological polar surface area (TPSA) is 61.4 Å². The molecule has 2 fully saturated rings. The van der Waals surface area contributed by atoms with Crippen molar-refractivity contribution in [3.05, 3.63) is 0 Å². The van der Waals surface area contributed by atoms with Crippen LogP contribution >= 0.6 is 12.4 Å². The van der Waals surface area contributed by atoms with Gasteiger partial charge in [-0.3, -0.25) is 4.79 Å². The summed E-state index contributed by atoms with van der Waals surface area (Å²) in [4.78, 5) is 11.7. The van der Waals surface area contributed by atoms with Gasteiger partial charge in [-0.05, 0) is 32.2 Å². The highest BCUT2D eigenvalue weighted by atomic mass is 35.5. The number of hydrogen-bond donors (Lipinski definition) is 3. The van der Waals surface area contributed by atoms with Crippen LogP contribution in [0.2, 0.25) is 0 Å². The molecule has 1 amide bonds. The fourth-order valence-corrected chi connectivity index (χ4v) is 2.90. The summed E-state index contributed by atoms with van der Waals surface area (Å²) in [7, 11) is 0. The van der Waals surface area contributed by atoms with Crippen LogP contribution in [-0.4, -0.2) is 36.2 Å². The van der Waals surface area contributed by atoms with Crippen molar-refractivity contribution in [2.24, 2.45) is 5.92 Å². The van der Waals surface area contributed by atoms with Gasteiger partial charge in [0.1, 0.15) is 0 Å². The number of carbonyl (C=O) groups excluding carboxylic acids is 1. The van der Waals surface area contributed by atoms with E-state index in [9.17, 15) is 9.90 Å². The van der Waals surface area contributed by atoms with Crippen molar-refractivity contribution in [1.82, 2.24) is 10.6 Å². The van der Waals surface area contributed by atoms with E-state index < -0.39 is 0 Å². The summed E-state index contributed by atoms with van der Waals surface area (Å²) in [6.45, 7) is 1.69. The highest BCUT2D eigenvalue weighted by Crippen LogP contribution is 2.23. The molecule has 0 bridgehead atoms. The number of hydrogen-bond acceptors (Lipinski definition) is 3. The number of rotatable bonds is 4. The van der Waals surface area contributed by atoms with Gasteiger partial charge in [-0.25, -0.2) is 0 Å². The highest BCUT2D eigenvalue weighted by molar-refractivity contribution is 5.85. The van der Waals surface area contributed by atoms with Crippen LogP contribution in [-0.2, 0) is 4.79 Å². The zero-order valence-electron chi connectivity index (χ0n) is 10.9. The molecule has 4 nitrogen and oxygen atoms in total. The number of carbonyl (C=O) groups is 1. The third-order valence-corrected chi connectivity index (χ3v) is 4.02. The summed E-state index contributed by atoms with van der Waals surface area (Å²) in [6, 6.07) is 0.367. The normalized spacial score (nSPS) is 31.7. The second-order valence-electron chi connectivity index (χ2n) is 5.41. The van der Waals surface area contributed by atoms with Gasteiger partial charge in [0, 0.05) is 24.9 Å². The highest BCUT2D eigenvalue weighted by Gasteiger charge is 2.24. The molecule has 1 aliphatic heterocycles. The minimum atomic E-state index is -0.214. The number of amides is 1. The van der Waals surface area contributed by atoms with E-state index in [0.29, 0.717) is 19.0 Å². The number of aliphatic hydroxyl groups excluding tert-OH is 1. The standard InChI is InChI=1S/C13H24N2O2.ClH/c16-12-6-2-1-4-10(12)9-15-13(17)8-11-5-3-7-14-11;/h10-12,14,16H,1-9H2,(H,15,17);1H. The fourth-order valence-electron chi connectivity index (χ4n) is 2.90. The minimum Gasteiger partial charge on any atom is -0.393 e. The summed E-state index contributed by atoms with van der Waals surface area (Å²) in [5.74, 6) is 0.395. The van der Waals surface area contributed by atoms with Crippen LogP contribution in [0.5, 0.6) is 0 Å². The van der Waals surface area contributed by atoms with Crippen molar-refractivity contribution in [2.45, 2.75) is 57.1 Å². The van der Waals surface area contributed by atoms with Crippen molar-refractivity contribution in [3.8, 4) is 0 Å². The molecule has 1 aliphatic carbocycles. The third kappa shape index (κ3) is 4.75. The molecule has 1 heterocycles. The lowest BCUT2D eigenvalue weighted by atomic mass is 9.86. The predicted molar refractivity (Wildman–Crippen MR) is 73.9 cm³/mol. The van der Waals surface area contributed by atoms with Crippen LogP contribution in [0, 0.1) is 5.92 Å². The Morgan fingerprint density at radius 1 is 1.22 bits per heavy atom. The predicted octanol–water partition coefficient (Wildman–Crippen LogP) is 1.22. The van der Waals surface area contributed by atoms with Gasteiger partial charge in [-0.15, -0.1) is 12.4 Å². The van der Waals surface area contributed by atoms with Gasteiger partial charge in [-0.1, -0.05) is 12.8 Å². The van der Waals surface area contributed by atoms with E-state index in [1.807, 2.05) is 0 Å². The van der Waals surface area contributed by atoms with Crippen LogP contribution in [0.15, 0.2) is 0 Å². The molecule has 0 aromatic rings. The second kappa shape index (κ2) is 7.97. The Morgan fingerprint density at radius 3 is 2.67 bits per heavy atom. The molecule has 3 unspecified atom stereocenters. The molecule has 0 spiro atoms. The van der Waals surface area contributed by atoms with Crippen LogP contribution in [0.3, 0.4) is 0 Å². The molecule has 0 radical (unpaired) electrons.